The van der Waals surface area contributed by atoms with Crippen LogP contribution in [0.4, 0.5) is 0 Å². The van der Waals surface area contributed by atoms with E-state index in [4.69, 9.17) is 16.3 Å². The lowest BCUT2D eigenvalue weighted by Crippen LogP contribution is -2.10. The molecule has 4 nitrogen and oxygen atoms in total. The van der Waals surface area contributed by atoms with E-state index in [9.17, 15) is 4.79 Å². The molecule has 0 aliphatic rings. The van der Waals surface area contributed by atoms with E-state index in [2.05, 4.69) is 21.0 Å². The highest BCUT2D eigenvalue weighted by atomic mass is 79.9. The Labute approximate surface area is 118 Å². The number of methoxy groups -OCH3 is 1. The lowest BCUT2D eigenvalue weighted by Gasteiger charge is -2.06. The van der Waals surface area contributed by atoms with Crippen LogP contribution in [0.2, 0.25) is 5.02 Å². The molecule has 94 valence electrons. The van der Waals surface area contributed by atoms with Crippen LogP contribution in [-0.2, 0) is 6.54 Å². The van der Waals surface area contributed by atoms with Crippen molar-refractivity contribution in [2.45, 2.75) is 6.54 Å². The van der Waals surface area contributed by atoms with Gasteiger partial charge in [0.15, 0.2) is 5.78 Å². The molecule has 0 aliphatic heterocycles. The summed E-state index contributed by atoms with van der Waals surface area (Å²) in [5.41, 5.74) is 0.592. The van der Waals surface area contributed by atoms with Gasteiger partial charge in [0, 0.05) is 11.8 Å². The highest BCUT2D eigenvalue weighted by molar-refractivity contribution is 9.10. The topological polar surface area (TPSA) is 44.1 Å². The molecule has 0 radical (unpaired) electrons. The van der Waals surface area contributed by atoms with Gasteiger partial charge >= 0.3 is 0 Å². The van der Waals surface area contributed by atoms with Crippen LogP contribution in [0.1, 0.15) is 10.4 Å². The number of aromatic nitrogens is 2. The van der Waals surface area contributed by atoms with Gasteiger partial charge in [0.05, 0.1) is 22.8 Å². The Bertz CT molecular complexity index is 583. The van der Waals surface area contributed by atoms with Gasteiger partial charge in [-0.25, -0.2) is 0 Å². The molecule has 1 aromatic carbocycles. The first kappa shape index (κ1) is 13.1. The second-order valence-electron chi connectivity index (χ2n) is 3.63. The fourth-order valence-electron chi connectivity index (χ4n) is 1.50. The summed E-state index contributed by atoms with van der Waals surface area (Å²) in [4.78, 5) is 12.0. The lowest BCUT2D eigenvalue weighted by molar-refractivity contribution is 0.0967. The van der Waals surface area contributed by atoms with E-state index in [0.717, 1.165) is 4.47 Å². The summed E-state index contributed by atoms with van der Waals surface area (Å²) in [5, 5.41) is 4.48. The minimum absolute atomic E-state index is 0.0434. The van der Waals surface area contributed by atoms with E-state index in [-0.39, 0.29) is 12.3 Å². The average molecular weight is 330 g/mol. The van der Waals surface area contributed by atoms with Crippen LogP contribution < -0.4 is 4.74 Å². The van der Waals surface area contributed by atoms with Crippen molar-refractivity contribution in [3.8, 4) is 5.75 Å². The predicted octanol–water partition coefficient (Wildman–Crippen LogP) is 3.19. The third-order valence-electron chi connectivity index (χ3n) is 2.38. The summed E-state index contributed by atoms with van der Waals surface area (Å²) < 4.78 is 7.36. The second-order valence-corrected chi connectivity index (χ2v) is 4.92. The molecule has 0 fully saturated rings. The quantitative estimate of drug-likeness (QED) is 0.809. The monoisotopic (exact) mass is 328 g/mol. The molecule has 2 aromatic rings. The van der Waals surface area contributed by atoms with Gasteiger partial charge in [-0.3, -0.25) is 9.48 Å². The number of Topliss-reactive ketones (excluding diaryl/α,β-unsaturated/α-hetero) is 1. The number of rotatable bonds is 4. The molecule has 0 atom stereocenters. The molecule has 0 amide bonds. The summed E-state index contributed by atoms with van der Waals surface area (Å²) in [7, 11) is 1.58. The zero-order chi connectivity index (χ0) is 13.1. The van der Waals surface area contributed by atoms with Gasteiger partial charge in [-0.05, 0) is 34.1 Å². The highest BCUT2D eigenvalue weighted by Crippen LogP contribution is 2.25. The number of nitrogens with zero attached hydrogens (tertiary/aromatic N) is 2. The van der Waals surface area contributed by atoms with Gasteiger partial charge in [0.25, 0.3) is 0 Å². The molecule has 0 bridgehead atoms. The van der Waals surface area contributed by atoms with Crippen molar-refractivity contribution in [2.75, 3.05) is 7.11 Å². The SMILES string of the molecule is COc1ccc(C(=O)Cn2cc(Cl)cn2)cc1Br. The largest absolute Gasteiger partial charge is 0.496 e. The van der Waals surface area contributed by atoms with Gasteiger partial charge in [-0.2, -0.15) is 5.10 Å². The standard InChI is InChI=1S/C12H10BrClN2O2/c1-18-12-3-2-8(4-10(12)13)11(17)7-16-6-9(14)5-15-16/h2-6H,7H2,1H3. The molecule has 1 heterocycles. The fourth-order valence-corrected chi connectivity index (χ4v) is 2.20. The Balaban J connectivity index is 2.16. The lowest BCUT2D eigenvalue weighted by atomic mass is 10.1. The van der Waals surface area contributed by atoms with E-state index in [0.29, 0.717) is 16.3 Å². The summed E-state index contributed by atoms with van der Waals surface area (Å²) in [5.74, 6) is 0.645. The molecule has 6 heteroatoms. The van der Waals surface area contributed by atoms with Crippen LogP contribution in [0, 0.1) is 0 Å². The van der Waals surface area contributed by atoms with Crippen molar-refractivity contribution in [2.24, 2.45) is 0 Å². The predicted molar refractivity (Wildman–Crippen MR) is 72.3 cm³/mol. The molecule has 0 aliphatic carbocycles. The first-order valence-corrected chi connectivity index (χ1v) is 6.32. The molecule has 0 N–H and O–H groups in total. The zero-order valence-corrected chi connectivity index (χ0v) is 11.9. The van der Waals surface area contributed by atoms with Crippen molar-refractivity contribution < 1.29 is 9.53 Å². The van der Waals surface area contributed by atoms with Crippen LogP contribution in [0.3, 0.4) is 0 Å². The second kappa shape index (κ2) is 5.54. The Kier molecular flexibility index (Phi) is 4.04. The maximum atomic E-state index is 12.0. The number of hydrogen-bond donors (Lipinski definition) is 0. The van der Waals surface area contributed by atoms with Crippen molar-refractivity contribution >= 4 is 33.3 Å². The van der Waals surface area contributed by atoms with Gasteiger partial charge < -0.3 is 4.74 Å². The normalized spacial score (nSPS) is 10.4. The first-order valence-electron chi connectivity index (χ1n) is 5.15. The van der Waals surface area contributed by atoms with Crippen LogP contribution in [0.5, 0.6) is 5.75 Å². The summed E-state index contributed by atoms with van der Waals surface area (Å²) >= 11 is 9.08. The molecule has 0 unspecified atom stereocenters. The number of ether oxygens (including phenoxy) is 1. The zero-order valence-electron chi connectivity index (χ0n) is 9.56. The number of carbonyl (C=O) groups excluding carboxylic acids is 1. The third kappa shape index (κ3) is 2.91. The molecule has 1 aromatic heterocycles. The van der Waals surface area contributed by atoms with Crippen molar-refractivity contribution in [1.82, 2.24) is 9.78 Å². The van der Waals surface area contributed by atoms with Crippen molar-refractivity contribution in [1.29, 1.82) is 0 Å². The molecule has 0 spiro atoms. The van der Waals surface area contributed by atoms with E-state index in [1.165, 1.54) is 10.9 Å². The molecule has 2 rings (SSSR count). The fraction of sp³-hybridized carbons (Fsp3) is 0.167. The van der Waals surface area contributed by atoms with E-state index >= 15 is 0 Å². The Morgan fingerprint density at radius 1 is 1.56 bits per heavy atom. The van der Waals surface area contributed by atoms with E-state index in [1.54, 1.807) is 31.5 Å². The van der Waals surface area contributed by atoms with E-state index in [1.807, 2.05) is 0 Å². The molecule has 0 saturated carbocycles. The Hall–Kier alpha value is -1.33. The average Bonchev–Trinajstić information content (AvgIpc) is 2.74. The number of benzene rings is 1. The van der Waals surface area contributed by atoms with Crippen LogP contribution in [0.25, 0.3) is 0 Å². The molecular formula is C12H10BrClN2O2. The van der Waals surface area contributed by atoms with Crippen LogP contribution >= 0.6 is 27.5 Å². The minimum atomic E-state index is -0.0434. The molecular weight excluding hydrogens is 320 g/mol. The van der Waals surface area contributed by atoms with Gasteiger partial charge in [0.2, 0.25) is 0 Å². The highest BCUT2D eigenvalue weighted by Gasteiger charge is 2.10. The van der Waals surface area contributed by atoms with Gasteiger partial charge in [-0.15, -0.1) is 0 Å². The van der Waals surface area contributed by atoms with Crippen molar-refractivity contribution in [3.05, 3.63) is 45.7 Å². The summed E-state index contributed by atoms with van der Waals surface area (Å²) in [6.45, 7) is 0.158. The van der Waals surface area contributed by atoms with Crippen LogP contribution in [-0.4, -0.2) is 22.7 Å². The van der Waals surface area contributed by atoms with Gasteiger partial charge in [0.1, 0.15) is 12.3 Å². The Morgan fingerprint density at radius 2 is 2.33 bits per heavy atom. The van der Waals surface area contributed by atoms with Crippen molar-refractivity contribution in [3.63, 3.8) is 0 Å². The number of halogens is 2. The maximum absolute atomic E-state index is 12.0. The maximum Gasteiger partial charge on any atom is 0.184 e. The molecule has 0 saturated heterocycles. The number of ketones is 1. The summed E-state index contributed by atoms with van der Waals surface area (Å²) in [6, 6.07) is 5.19. The Morgan fingerprint density at radius 3 is 2.89 bits per heavy atom. The molecule has 18 heavy (non-hydrogen) atoms. The third-order valence-corrected chi connectivity index (χ3v) is 3.20. The first-order chi connectivity index (χ1) is 8.60. The van der Waals surface area contributed by atoms with Crippen LogP contribution in [0.15, 0.2) is 35.1 Å². The number of hydrogen-bond acceptors (Lipinski definition) is 3. The summed E-state index contributed by atoms with van der Waals surface area (Å²) in [6.07, 6.45) is 3.11. The minimum Gasteiger partial charge on any atom is -0.496 e. The smallest absolute Gasteiger partial charge is 0.184 e. The van der Waals surface area contributed by atoms with Gasteiger partial charge in [-0.1, -0.05) is 11.6 Å². The van der Waals surface area contributed by atoms with E-state index < -0.39 is 0 Å². The number of carbonyl (C=O) groups is 1.